The number of thiocarbonyl (C=S) groups is 1. The largest absolute Gasteiger partial charge is 0.368 e. The summed E-state index contributed by atoms with van der Waals surface area (Å²) in [5.74, 6) is 1.80. The number of hydrogen-bond donors (Lipinski definition) is 2. The molecule has 2 aromatic rings. The lowest BCUT2D eigenvalue weighted by Crippen LogP contribution is -2.16. The van der Waals surface area contributed by atoms with Crippen molar-refractivity contribution in [2.75, 3.05) is 25.1 Å². The molecule has 0 amide bonds. The van der Waals surface area contributed by atoms with Crippen molar-refractivity contribution in [3.8, 4) is 0 Å². The average Bonchev–Trinajstić information content (AvgIpc) is 2.52. The van der Waals surface area contributed by atoms with Gasteiger partial charge in [0.25, 0.3) is 0 Å². The van der Waals surface area contributed by atoms with E-state index in [2.05, 4.69) is 33.3 Å². The standard InChI is InChI=1S/C15H20N6S2/c1-4-10-7-5-6-8-11(10)17-14-19-12(18-13(16)20-14)9-23-15(22)21(2)3/h5-8H,4,9H2,1-3H3,(H3,16,17,18,19,20). The fraction of sp³-hybridized carbons (Fsp3) is 0.333. The Morgan fingerprint density at radius 1 is 1.26 bits per heavy atom. The maximum absolute atomic E-state index is 5.80. The van der Waals surface area contributed by atoms with Crippen LogP contribution in [0.1, 0.15) is 18.3 Å². The van der Waals surface area contributed by atoms with Crippen molar-refractivity contribution in [2.45, 2.75) is 19.1 Å². The Morgan fingerprint density at radius 3 is 2.70 bits per heavy atom. The molecule has 0 saturated carbocycles. The molecule has 0 bridgehead atoms. The number of nitrogen functional groups attached to an aromatic ring is 1. The fourth-order valence-corrected chi connectivity index (χ4v) is 2.70. The highest BCUT2D eigenvalue weighted by atomic mass is 32.2. The highest BCUT2D eigenvalue weighted by Gasteiger charge is 2.09. The molecule has 6 nitrogen and oxygen atoms in total. The van der Waals surface area contributed by atoms with Crippen LogP contribution in [0, 0.1) is 0 Å². The molecular weight excluding hydrogens is 328 g/mol. The smallest absolute Gasteiger partial charge is 0.232 e. The molecule has 0 unspecified atom stereocenters. The Labute approximate surface area is 145 Å². The summed E-state index contributed by atoms with van der Waals surface area (Å²) < 4.78 is 0.773. The van der Waals surface area contributed by atoms with E-state index >= 15 is 0 Å². The van der Waals surface area contributed by atoms with E-state index in [-0.39, 0.29) is 5.95 Å². The summed E-state index contributed by atoms with van der Waals surface area (Å²) in [6.07, 6.45) is 0.920. The number of nitrogens with two attached hydrogens (primary N) is 1. The van der Waals surface area contributed by atoms with Gasteiger partial charge < -0.3 is 16.0 Å². The van der Waals surface area contributed by atoms with E-state index < -0.39 is 0 Å². The van der Waals surface area contributed by atoms with E-state index in [1.807, 2.05) is 37.2 Å². The summed E-state index contributed by atoms with van der Waals surface area (Å²) in [6, 6.07) is 8.04. The van der Waals surface area contributed by atoms with E-state index in [0.717, 1.165) is 16.4 Å². The number of anilines is 3. The Balaban J connectivity index is 2.15. The van der Waals surface area contributed by atoms with Gasteiger partial charge in [-0.3, -0.25) is 0 Å². The first kappa shape index (κ1) is 17.4. The van der Waals surface area contributed by atoms with Crippen LogP contribution in [0.3, 0.4) is 0 Å². The SMILES string of the molecule is CCc1ccccc1Nc1nc(N)nc(CSC(=S)N(C)C)n1. The second kappa shape index (κ2) is 8.07. The van der Waals surface area contributed by atoms with E-state index in [1.54, 1.807) is 0 Å². The molecule has 0 atom stereocenters. The molecule has 0 spiro atoms. The summed E-state index contributed by atoms with van der Waals surface area (Å²) >= 11 is 6.74. The lowest BCUT2D eigenvalue weighted by Gasteiger charge is -2.13. The van der Waals surface area contributed by atoms with Crippen molar-refractivity contribution in [3.05, 3.63) is 35.7 Å². The highest BCUT2D eigenvalue weighted by molar-refractivity contribution is 8.22. The molecule has 0 fully saturated rings. The Bertz CT molecular complexity index is 689. The summed E-state index contributed by atoms with van der Waals surface area (Å²) in [4.78, 5) is 14.6. The number of benzene rings is 1. The molecule has 122 valence electrons. The summed E-state index contributed by atoms with van der Waals surface area (Å²) in [6.45, 7) is 2.10. The molecule has 0 aliphatic rings. The van der Waals surface area contributed by atoms with Gasteiger partial charge in [-0.2, -0.15) is 15.0 Å². The molecule has 3 N–H and O–H groups in total. The zero-order valence-electron chi connectivity index (χ0n) is 13.4. The molecule has 1 heterocycles. The van der Waals surface area contributed by atoms with Gasteiger partial charge in [-0.25, -0.2) is 0 Å². The van der Waals surface area contributed by atoms with Gasteiger partial charge in [0.2, 0.25) is 11.9 Å². The number of thioether (sulfide) groups is 1. The zero-order chi connectivity index (χ0) is 16.8. The van der Waals surface area contributed by atoms with Gasteiger partial charge in [-0.1, -0.05) is 49.1 Å². The number of nitrogens with one attached hydrogen (secondary N) is 1. The minimum absolute atomic E-state index is 0.197. The number of aromatic nitrogens is 3. The van der Waals surface area contributed by atoms with Crippen molar-refractivity contribution in [3.63, 3.8) is 0 Å². The van der Waals surface area contributed by atoms with E-state index in [0.29, 0.717) is 17.5 Å². The van der Waals surface area contributed by atoms with Crippen LogP contribution in [0.5, 0.6) is 0 Å². The normalized spacial score (nSPS) is 10.4. The highest BCUT2D eigenvalue weighted by Crippen LogP contribution is 2.20. The molecule has 8 heteroatoms. The van der Waals surface area contributed by atoms with Gasteiger partial charge >= 0.3 is 0 Å². The first-order valence-electron chi connectivity index (χ1n) is 7.19. The van der Waals surface area contributed by atoms with Crippen molar-refractivity contribution in [2.24, 2.45) is 0 Å². The van der Waals surface area contributed by atoms with Crippen LogP contribution in [-0.4, -0.2) is 38.3 Å². The van der Waals surface area contributed by atoms with E-state index in [1.165, 1.54) is 17.3 Å². The Hall–Kier alpha value is -1.93. The van der Waals surface area contributed by atoms with Crippen LogP contribution < -0.4 is 11.1 Å². The van der Waals surface area contributed by atoms with Crippen LogP contribution in [0.15, 0.2) is 24.3 Å². The average molecular weight is 349 g/mol. The van der Waals surface area contributed by atoms with Gasteiger partial charge in [0.05, 0.1) is 5.75 Å². The van der Waals surface area contributed by atoms with Gasteiger partial charge in [0.1, 0.15) is 10.1 Å². The molecule has 0 aliphatic carbocycles. The molecule has 0 radical (unpaired) electrons. The van der Waals surface area contributed by atoms with Crippen LogP contribution in [0.2, 0.25) is 0 Å². The number of hydrogen-bond acceptors (Lipinski definition) is 7. The summed E-state index contributed by atoms with van der Waals surface area (Å²) in [5, 5.41) is 3.22. The maximum Gasteiger partial charge on any atom is 0.232 e. The number of rotatable bonds is 5. The molecule has 0 aliphatic heterocycles. The van der Waals surface area contributed by atoms with Gasteiger partial charge in [0.15, 0.2) is 0 Å². The lowest BCUT2D eigenvalue weighted by atomic mass is 10.1. The predicted octanol–water partition coefficient (Wildman–Crippen LogP) is 2.84. The lowest BCUT2D eigenvalue weighted by molar-refractivity contribution is 0.648. The number of para-hydroxylation sites is 1. The molecule has 0 saturated heterocycles. The van der Waals surface area contributed by atoms with Crippen molar-refractivity contribution in [1.82, 2.24) is 19.9 Å². The molecular formula is C15H20N6S2. The third kappa shape index (κ3) is 5.04. The Morgan fingerprint density at radius 2 is 2.00 bits per heavy atom. The van der Waals surface area contributed by atoms with E-state index in [4.69, 9.17) is 18.0 Å². The van der Waals surface area contributed by atoms with Crippen LogP contribution in [0.25, 0.3) is 0 Å². The second-order valence-corrected chi connectivity index (χ2v) is 6.63. The zero-order valence-corrected chi connectivity index (χ0v) is 15.0. The third-order valence-corrected chi connectivity index (χ3v) is 4.77. The minimum Gasteiger partial charge on any atom is -0.368 e. The summed E-state index contributed by atoms with van der Waals surface area (Å²) in [5.41, 5.74) is 7.96. The monoisotopic (exact) mass is 348 g/mol. The topological polar surface area (TPSA) is 80.0 Å². The summed E-state index contributed by atoms with van der Waals surface area (Å²) in [7, 11) is 3.82. The fourth-order valence-electron chi connectivity index (χ4n) is 1.88. The van der Waals surface area contributed by atoms with Gasteiger partial charge in [0, 0.05) is 19.8 Å². The molecule has 23 heavy (non-hydrogen) atoms. The van der Waals surface area contributed by atoms with Crippen molar-refractivity contribution < 1.29 is 0 Å². The molecule has 1 aromatic carbocycles. The van der Waals surface area contributed by atoms with Gasteiger partial charge in [-0.05, 0) is 18.1 Å². The molecule has 2 rings (SSSR count). The van der Waals surface area contributed by atoms with Crippen molar-refractivity contribution >= 4 is 45.9 Å². The predicted molar refractivity (Wildman–Crippen MR) is 101 cm³/mol. The molecule has 1 aromatic heterocycles. The first-order chi connectivity index (χ1) is 11.0. The quantitative estimate of drug-likeness (QED) is 0.799. The Kier molecular flexibility index (Phi) is 6.12. The van der Waals surface area contributed by atoms with Crippen LogP contribution in [0.4, 0.5) is 17.6 Å². The maximum atomic E-state index is 5.80. The van der Waals surface area contributed by atoms with Gasteiger partial charge in [-0.15, -0.1) is 0 Å². The minimum atomic E-state index is 0.197. The van der Waals surface area contributed by atoms with Crippen LogP contribution >= 0.6 is 24.0 Å². The number of nitrogens with zero attached hydrogens (tertiary/aromatic N) is 4. The van der Waals surface area contributed by atoms with Crippen molar-refractivity contribution in [1.29, 1.82) is 0 Å². The second-order valence-electron chi connectivity index (χ2n) is 5.02. The first-order valence-corrected chi connectivity index (χ1v) is 8.58. The van der Waals surface area contributed by atoms with E-state index in [9.17, 15) is 0 Å². The van der Waals surface area contributed by atoms with Crippen LogP contribution in [-0.2, 0) is 12.2 Å². The number of aryl methyl sites for hydroxylation is 1. The third-order valence-electron chi connectivity index (χ3n) is 3.03.